The summed E-state index contributed by atoms with van der Waals surface area (Å²) >= 11 is 0. The Morgan fingerprint density at radius 3 is 3.00 bits per heavy atom. The van der Waals surface area contributed by atoms with Crippen LogP contribution in [0.15, 0.2) is 36.7 Å². The first-order valence-electron chi connectivity index (χ1n) is 6.69. The summed E-state index contributed by atoms with van der Waals surface area (Å²) in [6.07, 6.45) is 3.64. The minimum absolute atomic E-state index is 0.00489. The van der Waals surface area contributed by atoms with Gasteiger partial charge in [0.05, 0.1) is 12.5 Å². The predicted octanol–water partition coefficient (Wildman–Crippen LogP) is 2.48. The third kappa shape index (κ3) is 1.71. The zero-order chi connectivity index (χ0) is 14.4. The van der Waals surface area contributed by atoms with E-state index in [0.29, 0.717) is 6.54 Å². The number of nitrogens with one attached hydrogen (secondary N) is 2. The highest BCUT2D eigenvalue weighted by Crippen LogP contribution is 2.35. The average molecular weight is 279 g/mol. The third-order valence-corrected chi connectivity index (χ3v) is 3.86. The minimum Gasteiger partial charge on any atom is -0.496 e. The largest absolute Gasteiger partial charge is 0.496 e. The van der Waals surface area contributed by atoms with Crippen LogP contribution < -0.4 is 10.1 Å². The lowest BCUT2D eigenvalue weighted by Gasteiger charge is -2.06. The lowest BCUT2D eigenvalue weighted by Crippen LogP contribution is -2.12. The lowest BCUT2D eigenvalue weighted by atomic mass is 10.0. The minimum atomic E-state index is -0.00489. The fourth-order valence-electron chi connectivity index (χ4n) is 2.82. The molecule has 0 fully saturated rings. The Hall–Kier alpha value is -2.82. The van der Waals surface area contributed by atoms with Crippen LogP contribution in [0, 0.1) is 0 Å². The number of pyridine rings is 1. The number of benzene rings is 1. The van der Waals surface area contributed by atoms with Gasteiger partial charge in [-0.25, -0.2) is 4.98 Å². The maximum Gasteiger partial charge on any atom is 0.251 e. The number of aromatic amines is 1. The molecule has 4 rings (SSSR count). The SMILES string of the molecule is COc1ccnc2[nH]cc(-c3ccc4c(c3)CNC4=O)c12. The molecule has 0 bridgehead atoms. The molecular formula is C16H13N3O2. The van der Waals surface area contributed by atoms with Gasteiger partial charge in [0.25, 0.3) is 5.91 Å². The van der Waals surface area contributed by atoms with Gasteiger partial charge in [0.2, 0.25) is 0 Å². The molecule has 0 saturated heterocycles. The van der Waals surface area contributed by atoms with Gasteiger partial charge < -0.3 is 15.0 Å². The smallest absolute Gasteiger partial charge is 0.251 e. The molecule has 0 aliphatic carbocycles. The van der Waals surface area contributed by atoms with Crippen LogP contribution in [0.25, 0.3) is 22.2 Å². The van der Waals surface area contributed by atoms with E-state index < -0.39 is 0 Å². The monoisotopic (exact) mass is 279 g/mol. The van der Waals surface area contributed by atoms with Crippen LogP contribution in [-0.2, 0) is 6.54 Å². The molecule has 0 atom stereocenters. The molecule has 0 radical (unpaired) electrons. The molecule has 0 spiro atoms. The van der Waals surface area contributed by atoms with Crippen molar-refractivity contribution in [2.45, 2.75) is 6.54 Å². The Bertz CT molecular complexity index is 867. The zero-order valence-corrected chi connectivity index (χ0v) is 11.4. The molecule has 1 amide bonds. The van der Waals surface area contributed by atoms with Crippen molar-refractivity contribution in [1.29, 1.82) is 0 Å². The van der Waals surface area contributed by atoms with E-state index in [1.54, 1.807) is 13.3 Å². The molecule has 5 nitrogen and oxygen atoms in total. The number of nitrogens with zero attached hydrogens (tertiary/aromatic N) is 1. The van der Waals surface area contributed by atoms with Gasteiger partial charge in [-0.3, -0.25) is 4.79 Å². The Kier molecular flexibility index (Phi) is 2.47. The van der Waals surface area contributed by atoms with Gasteiger partial charge in [-0.2, -0.15) is 0 Å². The van der Waals surface area contributed by atoms with Crippen molar-refractivity contribution in [3.05, 3.63) is 47.8 Å². The van der Waals surface area contributed by atoms with E-state index in [-0.39, 0.29) is 5.91 Å². The van der Waals surface area contributed by atoms with E-state index in [1.807, 2.05) is 30.5 Å². The second-order valence-corrected chi connectivity index (χ2v) is 4.99. The number of ether oxygens (including phenoxy) is 1. The van der Waals surface area contributed by atoms with E-state index in [4.69, 9.17) is 4.74 Å². The number of hydrogen-bond donors (Lipinski definition) is 2. The fourth-order valence-corrected chi connectivity index (χ4v) is 2.82. The summed E-state index contributed by atoms with van der Waals surface area (Å²) in [6.45, 7) is 0.583. The summed E-state index contributed by atoms with van der Waals surface area (Å²) in [5, 5.41) is 3.79. The van der Waals surface area contributed by atoms with E-state index in [1.165, 1.54) is 0 Å². The van der Waals surface area contributed by atoms with Crippen LogP contribution in [-0.4, -0.2) is 23.0 Å². The highest BCUT2D eigenvalue weighted by Gasteiger charge is 2.20. The number of rotatable bonds is 2. The van der Waals surface area contributed by atoms with E-state index >= 15 is 0 Å². The maximum atomic E-state index is 11.6. The molecule has 3 heterocycles. The third-order valence-electron chi connectivity index (χ3n) is 3.86. The standard InChI is InChI=1S/C16H13N3O2/c1-21-13-4-5-17-15-14(13)12(8-18-15)9-2-3-11-10(6-9)7-19-16(11)20/h2-6,8H,7H2,1H3,(H,17,18)(H,19,20). The summed E-state index contributed by atoms with van der Waals surface area (Å²) in [6, 6.07) is 7.72. The van der Waals surface area contributed by atoms with Gasteiger partial charge in [0.15, 0.2) is 0 Å². The Balaban J connectivity index is 1.93. The van der Waals surface area contributed by atoms with Crippen LogP contribution >= 0.6 is 0 Å². The molecule has 21 heavy (non-hydrogen) atoms. The number of carbonyl (C=O) groups excluding carboxylic acids is 1. The number of fused-ring (bicyclic) bond motifs is 2. The van der Waals surface area contributed by atoms with Crippen molar-refractivity contribution < 1.29 is 9.53 Å². The van der Waals surface area contributed by atoms with Gasteiger partial charge >= 0.3 is 0 Å². The number of hydrogen-bond acceptors (Lipinski definition) is 3. The molecule has 5 heteroatoms. The molecule has 0 unspecified atom stereocenters. The second-order valence-electron chi connectivity index (χ2n) is 4.99. The molecule has 104 valence electrons. The van der Waals surface area contributed by atoms with Crippen LogP contribution in [0.2, 0.25) is 0 Å². The van der Waals surface area contributed by atoms with E-state index in [9.17, 15) is 4.79 Å². The van der Waals surface area contributed by atoms with Gasteiger partial charge in [0, 0.05) is 30.1 Å². The highest BCUT2D eigenvalue weighted by molar-refractivity contribution is 6.01. The molecule has 1 aromatic carbocycles. The van der Waals surface area contributed by atoms with Crippen molar-refractivity contribution in [2.75, 3.05) is 7.11 Å². The van der Waals surface area contributed by atoms with Gasteiger partial charge in [-0.15, -0.1) is 0 Å². The molecule has 2 N–H and O–H groups in total. The molecule has 3 aromatic rings. The molecule has 0 saturated carbocycles. The molecule has 2 aromatic heterocycles. The zero-order valence-electron chi connectivity index (χ0n) is 11.4. The number of aromatic nitrogens is 2. The van der Waals surface area contributed by atoms with E-state index in [0.717, 1.165) is 39.0 Å². The number of methoxy groups -OCH3 is 1. The summed E-state index contributed by atoms with van der Waals surface area (Å²) in [4.78, 5) is 19.1. The summed E-state index contributed by atoms with van der Waals surface area (Å²) < 4.78 is 5.43. The van der Waals surface area contributed by atoms with Crippen molar-refractivity contribution >= 4 is 16.9 Å². The van der Waals surface area contributed by atoms with E-state index in [2.05, 4.69) is 15.3 Å². The molecule has 1 aliphatic rings. The lowest BCUT2D eigenvalue weighted by molar-refractivity contribution is 0.0966. The van der Waals surface area contributed by atoms with Gasteiger partial charge in [0.1, 0.15) is 11.4 Å². The van der Waals surface area contributed by atoms with Crippen molar-refractivity contribution in [2.24, 2.45) is 0 Å². The van der Waals surface area contributed by atoms with Crippen molar-refractivity contribution in [3.63, 3.8) is 0 Å². The fraction of sp³-hybridized carbons (Fsp3) is 0.125. The maximum absolute atomic E-state index is 11.6. The average Bonchev–Trinajstić information content (AvgIpc) is 3.11. The number of carbonyl (C=O) groups is 1. The van der Waals surface area contributed by atoms with Crippen LogP contribution in [0.3, 0.4) is 0 Å². The predicted molar refractivity (Wildman–Crippen MR) is 79.3 cm³/mol. The molecular weight excluding hydrogens is 266 g/mol. The first kappa shape index (κ1) is 12.0. The highest BCUT2D eigenvalue weighted by atomic mass is 16.5. The Morgan fingerprint density at radius 1 is 1.24 bits per heavy atom. The Labute approximate surface area is 121 Å². The second kappa shape index (κ2) is 4.34. The van der Waals surface area contributed by atoms with Crippen LogP contribution in [0.4, 0.5) is 0 Å². The number of H-pyrrole nitrogens is 1. The number of amides is 1. The molecule has 1 aliphatic heterocycles. The summed E-state index contributed by atoms with van der Waals surface area (Å²) in [5.41, 5.74) is 4.64. The first-order valence-corrected chi connectivity index (χ1v) is 6.69. The van der Waals surface area contributed by atoms with Crippen molar-refractivity contribution in [1.82, 2.24) is 15.3 Å². The first-order chi connectivity index (χ1) is 10.3. The summed E-state index contributed by atoms with van der Waals surface area (Å²) in [7, 11) is 1.65. The quantitative estimate of drug-likeness (QED) is 0.757. The van der Waals surface area contributed by atoms with Crippen LogP contribution in [0.1, 0.15) is 15.9 Å². The normalized spacial score (nSPS) is 13.3. The topological polar surface area (TPSA) is 67.0 Å². The summed E-state index contributed by atoms with van der Waals surface area (Å²) in [5.74, 6) is 0.778. The van der Waals surface area contributed by atoms with Gasteiger partial charge in [-0.05, 0) is 29.3 Å². The van der Waals surface area contributed by atoms with Crippen molar-refractivity contribution in [3.8, 4) is 16.9 Å². The van der Waals surface area contributed by atoms with Crippen LogP contribution in [0.5, 0.6) is 5.75 Å². The Morgan fingerprint density at radius 2 is 2.14 bits per heavy atom. The van der Waals surface area contributed by atoms with Gasteiger partial charge in [-0.1, -0.05) is 6.07 Å².